The van der Waals surface area contributed by atoms with Crippen LogP contribution in [0.1, 0.15) is 20.7 Å². The summed E-state index contributed by atoms with van der Waals surface area (Å²) in [5.74, 6) is -0.713. The van der Waals surface area contributed by atoms with Gasteiger partial charge in [0.1, 0.15) is 0 Å². The number of aliphatic hydroxyl groups excluding tert-OH is 1. The maximum absolute atomic E-state index is 12.6. The van der Waals surface area contributed by atoms with Gasteiger partial charge < -0.3 is 9.67 Å². The highest BCUT2D eigenvalue weighted by atomic mass is 79.9. The summed E-state index contributed by atoms with van der Waals surface area (Å²) in [7, 11) is 0. The van der Waals surface area contributed by atoms with Gasteiger partial charge in [0, 0.05) is 30.8 Å². The Bertz CT molecular complexity index is 1250. The fourth-order valence-electron chi connectivity index (χ4n) is 4.13. The van der Waals surface area contributed by atoms with Crippen molar-refractivity contribution in [3.63, 3.8) is 0 Å². The summed E-state index contributed by atoms with van der Waals surface area (Å²) in [4.78, 5) is 26.4. The number of carbonyl (C=O) groups is 2. The second-order valence-corrected chi connectivity index (χ2v) is 9.19. The molecule has 1 aromatic heterocycles. The van der Waals surface area contributed by atoms with E-state index in [-0.39, 0.29) is 24.9 Å². The Kier molecular flexibility index (Phi) is 4.76. The zero-order chi connectivity index (χ0) is 21.0. The Hall–Kier alpha value is -2.48. The van der Waals surface area contributed by atoms with Crippen molar-refractivity contribution < 1.29 is 14.7 Å². The van der Waals surface area contributed by atoms with Crippen LogP contribution in [0.15, 0.2) is 69.6 Å². The minimum absolute atomic E-state index is 0.0550. The maximum atomic E-state index is 12.6. The first-order valence-corrected chi connectivity index (χ1v) is 11.0. The van der Waals surface area contributed by atoms with Crippen LogP contribution in [0.2, 0.25) is 0 Å². The Morgan fingerprint density at radius 3 is 1.77 bits per heavy atom. The molecule has 0 aliphatic carbocycles. The molecule has 7 heteroatoms. The molecule has 1 N–H and O–H groups in total. The molecule has 0 fully saturated rings. The third-order valence-corrected chi connectivity index (χ3v) is 6.44. The number of nitrogens with zero attached hydrogens (tertiary/aromatic N) is 2. The van der Waals surface area contributed by atoms with Crippen molar-refractivity contribution >= 4 is 65.5 Å². The number of benzene rings is 3. The average Bonchev–Trinajstić information content (AvgIpc) is 3.15. The smallest absolute Gasteiger partial charge is 0.261 e. The van der Waals surface area contributed by atoms with E-state index < -0.39 is 6.10 Å². The zero-order valence-electron chi connectivity index (χ0n) is 15.7. The molecule has 0 radical (unpaired) electrons. The van der Waals surface area contributed by atoms with Gasteiger partial charge in [-0.25, -0.2) is 0 Å². The molecule has 1 aliphatic heterocycles. The number of hydrogen-bond donors (Lipinski definition) is 1. The van der Waals surface area contributed by atoms with Crippen LogP contribution in [-0.2, 0) is 6.54 Å². The number of rotatable bonds is 4. The van der Waals surface area contributed by atoms with Crippen molar-refractivity contribution in [2.24, 2.45) is 0 Å². The number of carbonyl (C=O) groups excluding carboxylic acids is 2. The van der Waals surface area contributed by atoms with Crippen LogP contribution in [0.3, 0.4) is 0 Å². The van der Waals surface area contributed by atoms with E-state index in [1.807, 2.05) is 28.8 Å². The predicted octanol–water partition coefficient (Wildman–Crippen LogP) is 4.98. The number of amides is 2. The minimum atomic E-state index is -0.904. The lowest BCUT2D eigenvalue weighted by atomic mass is 10.1. The predicted molar refractivity (Wildman–Crippen MR) is 123 cm³/mol. The van der Waals surface area contributed by atoms with E-state index in [0.29, 0.717) is 11.1 Å². The molecule has 2 amide bonds. The van der Waals surface area contributed by atoms with Crippen LogP contribution in [0.5, 0.6) is 0 Å². The van der Waals surface area contributed by atoms with E-state index >= 15 is 0 Å². The fourth-order valence-corrected chi connectivity index (χ4v) is 4.85. The van der Waals surface area contributed by atoms with Gasteiger partial charge in [0.05, 0.1) is 30.3 Å². The van der Waals surface area contributed by atoms with Crippen LogP contribution >= 0.6 is 31.9 Å². The van der Waals surface area contributed by atoms with Gasteiger partial charge in [0.2, 0.25) is 0 Å². The van der Waals surface area contributed by atoms with Gasteiger partial charge in [-0.1, -0.05) is 44.0 Å². The molecule has 0 spiro atoms. The van der Waals surface area contributed by atoms with Gasteiger partial charge in [-0.15, -0.1) is 0 Å². The molecule has 150 valence electrons. The van der Waals surface area contributed by atoms with Gasteiger partial charge in [-0.2, -0.15) is 0 Å². The first kappa shape index (κ1) is 19.5. The standard InChI is InChI=1S/C23H16Br2N2O3/c24-13-5-7-20-18(9-13)19-10-14(25)6-8-21(19)26(20)11-15(28)12-27-22(29)16-3-1-2-4-17(16)23(27)30/h1-10,15,28H,11-12H2/t15-/m0/s1. The molecule has 3 aromatic carbocycles. The number of β-amino-alcohol motifs (C(OH)–C–C–N with tert-alkyl or cyclic N) is 1. The van der Waals surface area contributed by atoms with E-state index in [1.54, 1.807) is 24.3 Å². The summed E-state index contributed by atoms with van der Waals surface area (Å²) in [6, 6.07) is 18.8. The Labute approximate surface area is 189 Å². The SMILES string of the molecule is O=C1c2ccccc2C(=O)N1C[C@@H](O)Cn1c2ccc(Br)cc2c2cc(Br)ccc21. The van der Waals surface area contributed by atoms with Crippen molar-refractivity contribution in [3.8, 4) is 0 Å². The number of hydrogen-bond acceptors (Lipinski definition) is 3. The molecule has 5 rings (SSSR count). The van der Waals surface area contributed by atoms with Crippen LogP contribution in [0.25, 0.3) is 21.8 Å². The van der Waals surface area contributed by atoms with Crippen LogP contribution in [0, 0.1) is 0 Å². The molecule has 0 unspecified atom stereocenters. The van der Waals surface area contributed by atoms with Crippen molar-refractivity contribution in [1.29, 1.82) is 0 Å². The zero-order valence-corrected chi connectivity index (χ0v) is 18.9. The third kappa shape index (κ3) is 3.09. The van der Waals surface area contributed by atoms with Gasteiger partial charge in [-0.05, 0) is 48.5 Å². The quantitative estimate of drug-likeness (QED) is 0.381. The summed E-state index contributed by atoms with van der Waals surface area (Å²) in [5, 5.41) is 13.0. The molecule has 1 atom stereocenters. The first-order chi connectivity index (χ1) is 14.4. The maximum Gasteiger partial charge on any atom is 0.261 e. The summed E-state index contributed by atoms with van der Waals surface area (Å²) < 4.78 is 3.98. The van der Waals surface area contributed by atoms with E-state index in [2.05, 4.69) is 44.0 Å². The molecule has 1 aliphatic rings. The van der Waals surface area contributed by atoms with E-state index in [9.17, 15) is 14.7 Å². The molecule has 30 heavy (non-hydrogen) atoms. The summed E-state index contributed by atoms with van der Waals surface area (Å²) in [5.41, 5.74) is 2.74. The Balaban J connectivity index is 1.49. The van der Waals surface area contributed by atoms with Crippen LogP contribution in [0.4, 0.5) is 0 Å². The molecule has 0 bridgehead atoms. The summed E-state index contributed by atoms with van der Waals surface area (Å²) in [6.45, 7) is 0.206. The number of imide groups is 1. The average molecular weight is 528 g/mol. The molecule has 0 saturated carbocycles. The number of halogens is 2. The number of aromatic nitrogens is 1. The van der Waals surface area contributed by atoms with Crippen molar-refractivity contribution in [3.05, 3.63) is 80.7 Å². The lowest BCUT2D eigenvalue weighted by Gasteiger charge is -2.20. The van der Waals surface area contributed by atoms with E-state index in [1.165, 1.54) is 0 Å². The highest BCUT2D eigenvalue weighted by Crippen LogP contribution is 2.33. The fraction of sp³-hybridized carbons (Fsp3) is 0.130. The van der Waals surface area contributed by atoms with Gasteiger partial charge >= 0.3 is 0 Å². The van der Waals surface area contributed by atoms with Crippen molar-refractivity contribution in [1.82, 2.24) is 9.47 Å². The molecule has 2 heterocycles. The van der Waals surface area contributed by atoms with Crippen molar-refractivity contribution in [2.75, 3.05) is 6.54 Å². The highest BCUT2D eigenvalue weighted by molar-refractivity contribution is 9.10. The first-order valence-electron chi connectivity index (χ1n) is 9.44. The monoisotopic (exact) mass is 526 g/mol. The second kappa shape index (κ2) is 7.34. The summed E-state index contributed by atoms with van der Waals surface area (Å²) in [6.07, 6.45) is -0.904. The number of fused-ring (bicyclic) bond motifs is 4. The number of aliphatic hydroxyl groups is 1. The van der Waals surface area contributed by atoms with Crippen LogP contribution in [-0.4, -0.2) is 39.0 Å². The lowest BCUT2D eigenvalue weighted by molar-refractivity contribution is 0.0524. The van der Waals surface area contributed by atoms with E-state index in [0.717, 1.165) is 35.7 Å². The topological polar surface area (TPSA) is 62.5 Å². The molecular weight excluding hydrogens is 512 g/mol. The Morgan fingerprint density at radius 2 is 1.27 bits per heavy atom. The minimum Gasteiger partial charge on any atom is -0.389 e. The van der Waals surface area contributed by atoms with Crippen LogP contribution < -0.4 is 0 Å². The third-order valence-electron chi connectivity index (χ3n) is 5.45. The Morgan fingerprint density at radius 1 is 0.767 bits per heavy atom. The second-order valence-electron chi connectivity index (χ2n) is 7.35. The van der Waals surface area contributed by atoms with Crippen molar-refractivity contribution in [2.45, 2.75) is 12.6 Å². The molecule has 5 nitrogen and oxygen atoms in total. The summed E-state index contributed by atoms with van der Waals surface area (Å²) >= 11 is 7.06. The highest BCUT2D eigenvalue weighted by Gasteiger charge is 2.36. The normalized spacial score (nSPS) is 14.7. The van der Waals surface area contributed by atoms with E-state index in [4.69, 9.17) is 0 Å². The lowest BCUT2D eigenvalue weighted by Crippen LogP contribution is -2.38. The van der Waals surface area contributed by atoms with Gasteiger partial charge in [0.25, 0.3) is 11.8 Å². The molecule has 0 saturated heterocycles. The molecular formula is C23H16Br2N2O3. The molecule has 4 aromatic rings. The van der Waals surface area contributed by atoms with Gasteiger partial charge in [-0.3, -0.25) is 14.5 Å². The van der Waals surface area contributed by atoms with Gasteiger partial charge in [0.15, 0.2) is 0 Å². The largest absolute Gasteiger partial charge is 0.389 e.